The molecule has 1 N–H and O–H groups in total. The van der Waals surface area contributed by atoms with Crippen molar-refractivity contribution in [3.05, 3.63) is 59.2 Å². The van der Waals surface area contributed by atoms with E-state index in [-0.39, 0.29) is 10.8 Å². The van der Waals surface area contributed by atoms with Gasteiger partial charge in [-0.3, -0.25) is 9.52 Å². The van der Waals surface area contributed by atoms with Gasteiger partial charge >= 0.3 is 0 Å². The second kappa shape index (κ2) is 7.50. The van der Waals surface area contributed by atoms with E-state index >= 15 is 0 Å². The first kappa shape index (κ1) is 18.5. The Morgan fingerprint density at radius 3 is 2.35 bits per heavy atom. The number of aryl methyl sites for hydroxylation is 2. The molecule has 0 aliphatic carbocycles. The third kappa shape index (κ3) is 3.90. The number of benzene rings is 2. The van der Waals surface area contributed by atoms with Crippen LogP contribution in [0.4, 0.5) is 5.69 Å². The Morgan fingerprint density at radius 1 is 1.08 bits per heavy atom. The van der Waals surface area contributed by atoms with Crippen molar-refractivity contribution >= 4 is 21.6 Å². The highest BCUT2D eigenvalue weighted by Gasteiger charge is 2.23. The van der Waals surface area contributed by atoms with E-state index in [0.717, 1.165) is 43.5 Å². The van der Waals surface area contributed by atoms with E-state index < -0.39 is 10.0 Å². The van der Waals surface area contributed by atoms with E-state index in [1.807, 2.05) is 26.0 Å². The summed E-state index contributed by atoms with van der Waals surface area (Å²) in [7, 11) is -3.75. The van der Waals surface area contributed by atoms with Gasteiger partial charge in [0.15, 0.2) is 0 Å². The van der Waals surface area contributed by atoms with Gasteiger partial charge in [-0.25, -0.2) is 8.42 Å². The van der Waals surface area contributed by atoms with Crippen molar-refractivity contribution in [2.24, 2.45) is 0 Å². The number of carbonyl (C=O) groups excluding carboxylic acids is 1. The third-order valence-corrected chi connectivity index (χ3v) is 6.14. The van der Waals surface area contributed by atoms with Gasteiger partial charge in [-0.15, -0.1) is 0 Å². The summed E-state index contributed by atoms with van der Waals surface area (Å²) < 4.78 is 28.0. The maximum Gasteiger partial charge on any atom is 0.261 e. The summed E-state index contributed by atoms with van der Waals surface area (Å²) in [5.41, 5.74) is 2.89. The Hall–Kier alpha value is -2.34. The molecule has 0 spiro atoms. The number of anilines is 1. The predicted octanol–water partition coefficient (Wildman–Crippen LogP) is 3.59. The van der Waals surface area contributed by atoms with Gasteiger partial charge in [0.05, 0.1) is 4.90 Å². The number of hydrogen-bond donors (Lipinski definition) is 1. The van der Waals surface area contributed by atoms with Crippen LogP contribution in [0.2, 0.25) is 0 Å². The number of likely N-dealkylation sites (tertiary alicyclic amines) is 1. The number of hydrogen-bond acceptors (Lipinski definition) is 3. The zero-order valence-corrected chi connectivity index (χ0v) is 16.0. The van der Waals surface area contributed by atoms with Gasteiger partial charge in [-0.1, -0.05) is 25.1 Å². The average Bonchev–Trinajstić information content (AvgIpc) is 3.16. The molecule has 1 saturated heterocycles. The van der Waals surface area contributed by atoms with Crippen LogP contribution in [-0.2, 0) is 16.4 Å². The molecule has 1 heterocycles. The Morgan fingerprint density at radius 2 is 1.73 bits per heavy atom. The average molecular weight is 372 g/mol. The van der Waals surface area contributed by atoms with Crippen LogP contribution in [0.15, 0.2) is 47.4 Å². The van der Waals surface area contributed by atoms with Crippen molar-refractivity contribution in [3.8, 4) is 0 Å². The first-order chi connectivity index (χ1) is 12.4. The Kier molecular flexibility index (Phi) is 5.32. The number of carbonyl (C=O) groups is 1. The van der Waals surface area contributed by atoms with Crippen LogP contribution < -0.4 is 4.72 Å². The molecule has 0 bridgehead atoms. The van der Waals surface area contributed by atoms with Gasteiger partial charge in [0.25, 0.3) is 15.9 Å². The lowest BCUT2D eigenvalue weighted by Gasteiger charge is -2.17. The standard InChI is InChI=1S/C20H24N2O3S/c1-3-16-7-9-17(10-8-16)21-26(24,25)18-11-6-15(2)19(14-18)20(23)22-12-4-5-13-22/h6-11,14,21H,3-5,12-13H2,1-2H3. The van der Waals surface area contributed by atoms with Gasteiger partial charge in [-0.05, 0) is 61.6 Å². The minimum absolute atomic E-state index is 0.0932. The molecule has 2 aromatic carbocycles. The summed E-state index contributed by atoms with van der Waals surface area (Å²) in [6, 6.07) is 12.0. The monoisotopic (exact) mass is 372 g/mol. The van der Waals surface area contributed by atoms with Crippen molar-refractivity contribution in [2.75, 3.05) is 17.8 Å². The quantitative estimate of drug-likeness (QED) is 0.872. The normalized spacial score (nSPS) is 14.5. The molecule has 0 aromatic heterocycles. The molecule has 1 amide bonds. The fourth-order valence-corrected chi connectivity index (χ4v) is 4.20. The molecule has 1 fully saturated rings. The van der Waals surface area contributed by atoms with Crippen LogP contribution in [0.25, 0.3) is 0 Å². The Labute approximate surface area is 155 Å². The largest absolute Gasteiger partial charge is 0.339 e. The van der Waals surface area contributed by atoms with Gasteiger partial charge in [0.1, 0.15) is 0 Å². The molecule has 0 radical (unpaired) electrons. The molecule has 1 aliphatic rings. The lowest BCUT2D eigenvalue weighted by Crippen LogP contribution is -2.28. The fourth-order valence-electron chi connectivity index (χ4n) is 3.11. The van der Waals surface area contributed by atoms with E-state index in [1.165, 1.54) is 6.07 Å². The van der Waals surface area contributed by atoms with Gasteiger partial charge in [0, 0.05) is 24.3 Å². The predicted molar refractivity (Wildman–Crippen MR) is 103 cm³/mol. The molecular formula is C20H24N2O3S. The van der Waals surface area contributed by atoms with Crippen LogP contribution >= 0.6 is 0 Å². The van der Waals surface area contributed by atoms with E-state index in [4.69, 9.17) is 0 Å². The zero-order valence-electron chi connectivity index (χ0n) is 15.2. The van der Waals surface area contributed by atoms with Crippen molar-refractivity contribution in [2.45, 2.75) is 38.0 Å². The molecule has 6 heteroatoms. The van der Waals surface area contributed by atoms with Crippen molar-refractivity contribution in [1.82, 2.24) is 4.90 Å². The van der Waals surface area contributed by atoms with Gasteiger partial charge in [0.2, 0.25) is 0 Å². The van der Waals surface area contributed by atoms with Gasteiger partial charge < -0.3 is 4.90 Å². The first-order valence-electron chi connectivity index (χ1n) is 8.92. The lowest BCUT2D eigenvalue weighted by atomic mass is 10.1. The van der Waals surface area contributed by atoms with Crippen LogP contribution in [0.1, 0.15) is 41.3 Å². The van der Waals surface area contributed by atoms with E-state index in [0.29, 0.717) is 11.3 Å². The van der Waals surface area contributed by atoms with E-state index in [2.05, 4.69) is 4.72 Å². The van der Waals surface area contributed by atoms with Gasteiger partial charge in [-0.2, -0.15) is 0 Å². The summed E-state index contributed by atoms with van der Waals surface area (Å²) >= 11 is 0. The molecule has 2 aromatic rings. The molecular weight excluding hydrogens is 348 g/mol. The molecule has 5 nitrogen and oxygen atoms in total. The second-order valence-corrected chi connectivity index (χ2v) is 8.31. The van der Waals surface area contributed by atoms with Crippen molar-refractivity contribution in [1.29, 1.82) is 0 Å². The molecule has 1 aliphatic heterocycles. The zero-order chi connectivity index (χ0) is 18.7. The van der Waals surface area contributed by atoms with Crippen LogP contribution in [-0.4, -0.2) is 32.3 Å². The fraction of sp³-hybridized carbons (Fsp3) is 0.350. The molecule has 26 heavy (non-hydrogen) atoms. The van der Waals surface area contributed by atoms with Crippen LogP contribution in [0.3, 0.4) is 0 Å². The Balaban J connectivity index is 1.87. The summed E-state index contributed by atoms with van der Waals surface area (Å²) in [5.74, 6) is -0.0932. The molecule has 0 unspecified atom stereocenters. The SMILES string of the molecule is CCc1ccc(NS(=O)(=O)c2ccc(C)c(C(=O)N3CCCC3)c2)cc1. The van der Waals surface area contributed by atoms with E-state index in [1.54, 1.807) is 29.2 Å². The third-order valence-electron chi connectivity index (χ3n) is 4.76. The Bertz CT molecular complexity index is 899. The highest BCUT2D eigenvalue weighted by molar-refractivity contribution is 7.92. The minimum atomic E-state index is -3.75. The van der Waals surface area contributed by atoms with Crippen molar-refractivity contribution in [3.63, 3.8) is 0 Å². The molecule has 0 atom stereocenters. The summed E-state index contributed by atoms with van der Waals surface area (Å²) in [6.07, 6.45) is 2.89. The maximum absolute atomic E-state index is 12.7. The first-order valence-corrected chi connectivity index (χ1v) is 10.4. The smallest absolute Gasteiger partial charge is 0.261 e. The lowest BCUT2D eigenvalue weighted by molar-refractivity contribution is 0.0792. The van der Waals surface area contributed by atoms with Crippen molar-refractivity contribution < 1.29 is 13.2 Å². The number of nitrogens with zero attached hydrogens (tertiary/aromatic N) is 1. The highest BCUT2D eigenvalue weighted by atomic mass is 32.2. The highest BCUT2D eigenvalue weighted by Crippen LogP contribution is 2.22. The number of nitrogens with one attached hydrogen (secondary N) is 1. The molecule has 138 valence electrons. The maximum atomic E-state index is 12.7. The second-order valence-electron chi connectivity index (χ2n) is 6.63. The summed E-state index contributed by atoms with van der Waals surface area (Å²) in [4.78, 5) is 14.6. The molecule has 3 rings (SSSR count). The van der Waals surface area contributed by atoms with E-state index in [9.17, 15) is 13.2 Å². The topological polar surface area (TPSA) is 66.5 Å². The summed E-state index contributed by atoms with van der Waals surface area (Å²) in [6.45, 7) is 5.34. The van der Waals surface area contributed by atoms with Crippen LogP contribution in [0, 0.1) is 6.92 Å². The van der Waals surface area contributed by atoms with Crippen LogP contribution in [0.5, 0.6) is 0 Å². The summed E-state index contributed by atoms with van der Waals surface area (Å²) in [5, 5.41) is 0. The molecule has 0 saturated carbocycles. The minimum Gasteiger partial charge on any atom is -0.339 e. The number of rotatable bonds is 5. The number of sulfonamides is 1. The number of amides is 1.